The van der Waals surface area contributed by atoms with E-state index in [2.05, 4.69) is 15.4 Å². The highest BCUT2D eigenvalue weighted by molar-refractivity contribution is 4.49. The van der Waals surface area contributed by atoms with E-state index in [1.54, 1.807) is 0 Å². The summed E-state index contributed by atoms with van der Waals surface area (Å²) in [5, 5.41) is 10.9. The second-order valence-corrected chi connectivity index (χ2v) is 1.97. The van der Waals surface area contributed by atoms with Crippen molar-refractivity contribution in [3.8, 4) is 0 Å². The van der Waals surface area contributed by atoms with Crippen LogP contribution >= 0.6 is 0 Å². The van der Waals surface area contributed by atoms with E-state index in [1.165, 1.54) is 11.1 Å². The van der Waals surface area contributed by atoms with Gasteiger partial charge in [-0.15, -0.1) is 10.2 Å². The molecule has 1 rings (SSSR count). The van der Waals surface area contributed by atoms with Crippen LogP contribution in [0.1, 0.15) is 6.92 Å². The molecule has 50 valence electrons. The molecule has 0 bridgehead atoms. The molecule has 1 heterocycles. The van der Waals surface area contributed by atoms with Crippen LogP contribution in [0.4, 0.5) is 0 Å². The summed E-state index contributed by atoms with van der Waals surface area (Å²) in [4.78, 5) is 1.46. The van der Waals surface area contributed by atoms with Gasteiger partial charge < -0.3 is 5.73 Å². The average Bonchev–Trinajstić information content (AvgIpc) is 2.15. The Morgan fingerprint density at radius 1 is 1.78 bits per heavy atom. The van der Waals surface area contributed by atoms with E-state index in [9.17, 15) is 0 Å². The van der Waals surface area contributed by atoms with E-state index in [0.717, 1.165) is 0 Å². The number of hydrogen-bond acceptors (Lipinski definition) is 4. The van der Waals surface area contributed by atoms with Crippen LogP contribution in [0, 0.1) is 0 Å². The van der Waals surface area contributed by atoms with E-state index in [-0.39, 0.29) is 6.04 Å². The van der Waals surface area contributed by atoms with Crippen molar-refractivity contribution in [2.75, 3.05) is 0 Å². The lowest BCUT2D eigenvalue weighted by atomic mass is 10.4. The van der Waals surface area contributed by atoms with Crippen LogP contribution in [0.3, 0.4) is 0 Å². The molecule has 0 amide bonds. The summed E-state index contributed by atoms with van der Waals surface area (Å²) < 4.78 is 0. The molecular weight excluding hydrogens is 118 g/mol. The quantitative estimate of drug-likeness (QED) is 0.554. The van der Waals surface area contributed by atoms with E-state index >= 15 is 0 Å². The number of nitrogens with zero attached hydrogens (tertiary/aromatic N) is 4. The molecule has 0 unspecified atom stereocenters. The van der Waals surface area contributed by atoms with Gasteiger partial charge in [-0.3, -0.25) is 0 Å². The fourth-order valence-electron chi connectivity index (χ4n) is 0.530. The van der Waals surface area contributed by atoms with Crippen molar-refractivity contribution in [1.82, 2.24) is 20.2 Å². The molecule has 0 fully saturated rings. The zero-order valence-corrected chi connectivity index (χ0v) is 5.23. The predicted octanol–water partition coefficient (Wildman–Crippen LogP) is -0.980. The summed E-state index contributed by atoms with van der Waals surface area (Å²) in [5.41, 5.74) is 5.46. The lowest BCUT2D eigenvalue weighted by Gasteiger charge is -1.99. The molecule has 5 heteroatoms. The maximum Gasteiger partial charge on any atom is 0.162 e. The van der Waals surface area contributed by atoms with Crippen molar-refractivity contribution in [1.29, 1.82) is 0 Å². The van der Waals surface area contributed by atoms with Crippen molar-refractivity contribution in [2.24, 2.45) is 5.73 Å². The van der Waals surface area contributed by atoms with Crippen molar-refractivity contribution in [3.63, 3.8) is 0 Å². The monoisotopic (exact) mass is 127 g/mol. The molecule has 0 aromatic carbocycles. The first-order valence-corrected chi connectivity index (χ1v) is 2.75. The molecule has 1 aromatic rings. The van der Waals surface area contributed by atoms with E-state index in [4.69, 9.17) is 5.73 Å². The van der Waals surface area contributed by atoms with Crippen LogP contribution in [0.15, 0.2) is 6.33 Å². The molecule has 9 heavy (non-hydrogen) atoms. The van der Waals surface area contributed by atoms with Crippen molar-refractivity contribution >= 4 is 0 Å². The number of tetrazole rings is 1. The fraction of sp³-hybridized carbons (Fsp3) is 0.750. The van der Waals surface area contributed by atoms with Gasteiger partial charge >= 0.3 is 0 Å². The summed E-state index contributed by atoms with van der Waals surface area (Å²) in [6.45, 7) is 2.52. The van der Waals surface area contributed by atoms with Gasteiger partial charge in [0, 0.05) is 6.04 Å². The van der Waals surface area contributed by atoms with Gasteiger partial charge in [-0.1, -0.05) is 0 Å². The van der Waals surface area contributed by atoms with Gasteiger partial charge in [0.25, 0.3) is 0 Å². The maximum absolute atomic E-state index is 5.46. The third-order valence-corrected chi connectivity index (χ3v) is 0.843. The van der Waals surface area contributed by atoms with Crippen LogP contribution in [0.5, 0.6) is 0 Å². The number of rotatable bonds is 2. The second-order valence-electron chi connectivity index (χ2n) is 1.97. The Labute approximate surface area is 52.8 Å². The Morgan fingerprint density at radius 2 is 2.56 bits per heavy atom. The summed E-state index contributed by atoms with van der Waals surface area (Å²) >= 11 is 0. The highest BCUT2D eigenvalue weighted by atomic mass is 15.6. The average molecular weight is 127 g/mol. The SMILES string of the molecule is C[C@H](N)Cn1ncnn1. The molecule has 1 atom stereocenters. The zero-order chi connectivity index (χ0) is 6.69. The number of nitrogens with two attached hydrogens (primary N) is 1. The third-order valence-electron chi connectivity index (χ3n) is 0.843. The van der Waals surface area contributed by atoms with Crippen molar-refractivity contribution in [2.45, 2.75) is 19.5 Å². The molecular formula is C4H9N5. The standard InChI is InChI=1S/C4H9N5/c1-4(5)2-9-7-3-6-8-9/h3-4H,2,5H2,1H3/t4-/m0/s1. The van der Waals surface area contributed by atoms with Crippen LogP contribution in [0.2, 0.25) is 0 Å². The molecule has 0 aliphatic carbocycles. The van der Waals surface area contributed by atoms with Gasteiger partial charge in [0.2, 0.25) is 0 Å². The molecule has 0 saturated heterocycles. The normalized spacial score (nSPS) is 13.6. The topological polar surface area (TPSA) is 69.6 Å². The number of hydrogen-bond donors (Lipinski definition) is 1. The highest BCUT2D eigenvalue weighted by Gasteiger charge is 1.95. The molecule has 0 radical (unpaired) electrons. The molecule has 0 saturated carbocycles. The minimum atomic E-state index is 0.0826. The minimum Gasteiger partial charge on any atom is -0.326 e. The summed E-state index contributed by atoms with van der Waals surface area (Å²) in [7, 11) is 0. The van der Waals surface area contributed by atoms with Crippen LogP contribution in [0.25, 0.3) is 0 Å². The van der Waals surface area contributed by atoms with Gasteiger partial charge in [0.15, 0.2) is 6.33 Å². The first-order chi connectivity index (χ1) is 4.29. The lowest BCUT2D eigenvalue weighted by molar-refractivity contribution is 0.472. The van der Waals surface area contributed by atoms with Crippen molar-refractivity contribution in [3.05, 3.63) is 6.33 Å². The summed E-state index contributed by atoms with van der Waals surface area (Å²) in [6.07, 6.45) is 1.39. The molecule has 0 spiro atoms. The Balaban J connectivity index is 2.48. The third kappa shape index (κ3) is 1.77. The smallest absolute Gasteiger partial charge is 0.162 e. The van der Waals surface area contributed by atoms with Crippen LogP contribution < -0.4 is 5.73 Å². The summed E-state index contributed by atoms with van der Waals surface area (Å²) in [5.74, 6) is 0. The lowest BCUT2D eigenvalue weighted by Crippen LogP contribution is -2.23. The zero-order valence-electron chi connectivity index (χ0n) is 5.23. The van der Waals surface area contributed by atoms with Gasteiger partial charge in [-0.25, -0.2) is 0 Å². The van der Waals surface area contributed by atoms with Crippen molar-refractivity contribution < 1.29 is 0 Å². The first-order valence-electron chi connectivity index (χ1n) is 2.75. The van der Waals surface area contributed by atoms with E-state index in [0.29, 0.717) is 6.54 Å². The van der Waals surface area contributed by atoms with E-state index < -0.39 is 0 Å². The maximum atomic E-state index is 5.46. The van der Waals surface area contributed by atoms with Gasteiger partial charge in [0.05, 0.1) is 6.54 Å². The largest absolute Gasteiger partial charge is 0.326 e. The summed E-state index contributed by atoms with van der Waals surface area (Å²) in [6, 6.07) is 0.0826. The Morgan fingerprint density at radius 3 is 3.00 bits per heavy atom. The van der Waals surface area contributed by atoms with Gasteiger partial charge in [0.1, 0.15) is 0 Å². The molecule has 5 nitrogen and oxygen atoms in total. The number of aromatic nitrogens is 4. The molecule has 2 N–H and O–H groups in total. The van der Waals surface area contributed by atoms with E-state index in [1.807, 2.05) is 6.92 Å². The first kappa shape index (κ1) is 6.15. The van der Waals surface area contributed by atoms with Gasteiger partial charge in [-0.2, -0.15) is 4.80 Å². The minimum absolute atomic E-state index is 0.0826. The second kappa shape index (κ2) is 2.54. The fourth-order valence-corrected chi connectivity index (χ4v) is 0.530. The predicted molar refractivity (Wildman–Crippen MR) is 31.5 cm³/mol. The van der Waals surface area contributed by atoms with Crippen LogP contribution in [-0.2, 0) is 6.54 Å². The highest BCUT2D eigenvalue weighted by Crippen LogP contribution is 1.78. The molecule has 0 aliphatic heterocycles. The Hall–Kier alpha value is -0.970. The molecule has 0 aliphatic rings. The van der Waals surface area contributed by atoms with Gasteiger partial charge in [-0.05, 0) is 12.1 Å². The Kier molecular flexibility index (Phi) is 1.74. The molecule has 1 aromatic heterocycles. The Bertz CT molecular complexity index is 155. The van der Waals surface area contributed by atoms with Crippen LogP contribution in [-0.4, -0.2) is 26.2 Å².